The molecule has 1 aromatic heterocycles. The molecule has 1 spiro atoms. The highest BCUT2D eigenvalue weighted by Gasteiger charge is 2.48. The van der Waals surface area contributed by atoms with E-state index in [1.54, 1.807) is 23.4 Å². The van der Waals surface area contributed by atoms with Crippen molar-refractivity contribution in [3.8, 4) is 0 Å². The van der Waals surface area contributed by atoms with Gasteiger partial charge in [-0.3, -0.25) is 4.79 Å². The van der Waals surface area contributed by atoms with Crippen molar-refractivity contribution in [3.05, 3.63) is 53.9 Å². The highest BCUT2D eigenvalue weighted by atomic mass is 19.1. The monoisotopic (exact) mass is 374 g/mol. The number of nitrogens with one attached hydrogen (secondary N) is 1. The summed E-state index contributed by atoms with van der Waals surface area (Å²) in [6.45, 7) is 2.22. The number of ether oxygens (including phenoxy) is 1. The van der Waals surface area contributed by atoms with E-state index in [1.807, 2.05) is 0 Å². The normalized spacial score (nSPS) is 21.0. The number of halogens is 2. The third kappa shape index (κ3) is 3.90. The Bertz CT molecular complexity index is 797. The summed E-state index contributed by atoms with van der Waals surface area (Å²) < 4.78 is 32.7. The molecule has 0 saturated carbocycles. The average Bonchev–Trinajstić information content (AvgIpc) is 2.64. The summed E-state index contributed by atoms with van der Waals surface area (Å²) in [7, 11) is 0. The largest absolute Gasteiger partial charge is 0.371 e. The van der Waals surface area contributed by atoms with Gasteiger partial charge in [0.25, 0.3) is 5.91 Å². The van der Waals surface area contributed by atoms with Gasteiger partial charge in [-0.15, -0.1) is 0 Å². The second-order valence-corrected chi connectivity index (χ2v) is 7.17. The van der Waals surface area contributed by atoms with Crippen molar-refractivity contribution < 1.29 is 18.3 Å². The van der Waals surface area contributed by atoms with E-state index >= 15 is 0 Å². The second-order valence-electron chi connectivity index (χ2n) is 7.17. The smallest absolute Gasteiger partial charge is 0.254 e. The van der Waals surface area contributed by atoms with Crippen molar-refractivity contribution in [2.75, 3.05) is 31.6 Å². The maximum Gasteiger partial charge on any atom is 0.254 e. The molecule has 1 aromatic carbocycles. The van der Waals surface area contributed by atoms with Crippen LogP contribution in [0.1, 0.15) is 23.2 Å². The van der Waals surface area contributed by atoms with Crippen LogP contribution in [0.15, 0.2) is 36.7 Å². The van der Waals surface area contributed by atoms with Crippen LogP contribution in [0.5, 0.6) is 0 Å². The van der Waals surface area contributed by atoms with Crippen LogP contribution in [0, 0.1) is 17.6 Å². The lowest BCUT2D eigenvalue weighted by atomic mass is 9.82. The van der Waals surface area contributed by atoms with Gasteiger partial charge in [0.1, 0.15) is 17.2 Å². The van der Waals surface area contributed by atoms with Gasteiger partial charge in [-0.25, -0.2) is 18.7 Å². The number of aromatic nitrogens is 2. The minimum absolute atomic E-state index is 0.0306. The molecule has 1 N–H and O–H groups in total. The number of carbonyl (C=O) groups excluding carboxylic acids is 1. The van der Waals surface area contributed by atoms with Crippen molar-refractivity contribution in [2.24, 2.45) is 5.92 Å². The fourth-order valence-electron chi connectivity index (χ4n) is 3.61. The quantitative estimate of drug-likeness (QED) is 0.891. The Kier molecular flexibility index (Phi) is 4.73. The minimum atomic E-state index is -0.750. The number of benzene rings is 1. The van der Waals surface area contributed by atoms with Gasteiger partial charge < -0.3 is 15.0 Å². The summed E-state index contributed by atoms with van der Waals surface area (Å²) in [6, 6.07) is 4.64. The van der Waals surface area contributed by atoms with Crippen LogP contribution in [0.4, 0.5) is 14.7 Å². The molecule has 6 nitrogen and oxygen atoms in total. The molecule has 0 unspecified atom stereocenters. The van der Waals surface area contributed by atoms with E-state index in [9.17, 15) is 13.6 Å². The summed E-state index contributed by atoms with van der Waals surface area (Å²) in [4.78, 5) is 22.2. The number of hydrogen-bond donors (Lipinski definition) is 1. The summed E-state index contributed by atoms with van der Waals surface area (Å²) in [5, 5.41) is 3.20. The Hall–Kier alpha value is -2.61. The van der Waals surface area contributed by atoms with E-state index in [1.165, 1.54) is 0 Å². The third-order valence-electron chi connectivity index (χ3n) is 5.10. The molecule has 1 atom stereocenters. The summed E-state index contributed by atoms with van der Waals surface area (Å²) >= 11 is 0. The Morgan fingerprint density at radius 2 is 1.93 bits per heavy atom. The van der Waals surface area contributed by atoms with Crippen LogP contribution >= 0.6 is 0 Å². The maximum absolute atomic E-state index is 13.3. The lowest BCUT2D eigenvalue weighted by molar-refractivity contribution is -0.165. The molecule has 142 valence electrons. The van der Waals surface area contributed by atoms with E-state index in [0.29, 0.717) is 31.6 Å². The van der Waals surface area contributed by atoms with Gasteiger partial charge in [0, 0.05) is 30.6 Å². The van der Waals surface area contributed by atoms with Crippen molar-refractivity contribution in [1.82, 2.24) is 14.9 Å². The van der Waals surface area contributed by atoms with E-state index in [0.717, 1.165) is 37.6 Å². The second kappa shape index (κ2) is 7.19. The van der Waals surface area contributed by atoms with Gasteiger partial charge in [-0.05, 0) is 37.0 Å². The first-order valence-electron chi connectivity index (χ1n) is 8.93. The molecule has 2 aliphatic rings. The van der Waals surface area contributed by atoms with Crippen molar-refractivity contribution in [2.45, 2.75) is 18.4 Å². The van der Waals surface area contributed by atoms with Gasteiger partial charge >= 0.3 is 0 Å². The SMILES string of the molecule is O=C(c1cc(F)cc(F)c1)N1CC2(CC[C@H](CNc3ncccn3)CO2)C1. The van der Waals surface area contributed by atoms with E-state index in [4.69, 9.17) is 4.74 Å². The lowest BCUT2D eigenvalue weighted by Crippen LogP contribution is -2.66. The number of amides is 1. The van der Waals surface area contributed by atoms with Crippen LogP contribution < -0.4 is 5.32 Å². The molecule has 4 rings (SSSR count). The van der Waals surface area contributed by atoms with Crippen molar-refractivity contribution in [1.29, 1.82) is 0 Å². The van der Waals surface area contributed by atoms with E-state index < -0.39 is 11.6 Å². The summed E-state index contributed by atoms with van der Waals surface area (Å²) in [5.41, 5.74) is -0.301. The Balaban J connectivity index is 1.26. The number of rotatable bonds is 4. The first-order valence-corrected chi connectivity index (χ1v) is 8.93. The molecule has 8 heteroatoms. The molecule has 0 aliphatic carbocycles. The number of carbonyl (C=O) groups is 1. The number of anilines is 1. The first kappa shape index (κ1) is 17.8. The molecule has 2 fully saturated rings. The van der Waals surface area contributed by atoms with Crippen LogP contribution in [0.2, 0.25) is 0 Å². The Morgan fingerprint density at radius 3 is 2.56 bits per heavy atom. The highest BCUT2D eigenvalue weighted by Crippen LogP contribution is 2.36. The molecular weight excluding hydrogens is 354 g/mol. The van der Waals surface area contributed by atoms with Crippen LogP contribution in [0.25, 0.3) is 0 Å². The number of likely N-dealkylation sites (tertiary alicyclic amines) is 1. The summed E-state index contributed by atoms with van der Waals surface area (Å²) in [6.07, 6.45) is 5.19. The van der Waals surface area contributed by atoms with Crippen molar-refractivity contribution >= 4 is 11.9 Å². The van der Waals surface area contributed by atoms with Crippen LogP contribution in [0.3, 0.4) is 0 Å². The van der Waals surface area contributed by atoms with Gasteiger partial charge in [-0.1, -0.05) is 0 Å². The zero-order valence-electron chi connectivity index (χ0n) is 14.7. The van der Waals surface area contributed by atoms with E-state index in [-0.39, 0.29) is 17.1 Å². The lowest BCUT2D eigenvalue weighted by Gasteiger charge is -2.52. The Morgan fingerprint density at radius 1 is 1.22 bits per heavy atom. The highest BCUT2D eigenvalue weighted by molar-refractivity contribution is 5.95. The van der Waals surface area contributed by atoms with Crippen LogP contribution in [-0.4, -0.2) is 52.6 Å². The van der Waals surface area contributed by atoms with Crippen LogP contribution in [-0.2, 0) is 4.74 Å². The third-order valence-corrected chi connectivity index (χ3v) is 5.10. The van der Waals surface area contributed by atoms with Gasteiger partial charge in [0.15, 0.2) is 0 Å². The molecule has 2 saturated heterocycles. The zero-order valence-corrected chi connectivity index (χ0v) is 14.7. The molecular formula is C19H20F2N4O2. The fraction of sp³-hybridized carbons (Fsp3) is 0.421. The first-order chi connectivity index (χ1) is 13.0. The predicted molar refractivity (Wildman–Crippen MR) is 94.2 cm³/mol. The maximum atomic E-state index is 13.3. The van der Waals surface area contributed by atoms with Crippen molar-refractivity contribution in [3.63, 3.8) is 0 Å². The van der Waals surface area contributed by atoms with Gasteiger partial charge in [0.05, 0.1) is 19.7 Å². The molecule has 27 heavy (non-hydrogen) atoms. The zero-order chi connectivity index (χ0) is 18.9. The Labute approximate surface area is 155 Å². The number of hydrogen-bond acceptors (Lipinski definition) is 5. The molecule has 0 radical (unpaired) electrons. The van der Waals surface area contributed by atoms with E-state index in [2.05, 4.69) is 15.3 Å². The molecule has 2 aliphatic heterocycles. The number of nitrogens with zero attached hydrogens (tertiary/aromatic N) is 3. The average molecular weight is 374 g/mol. The topological polar surface area (TPSA) is 67.4 Å². The molecule has 3 heterocycles. The molecule has 2 aromatic rings. The fourth-order valence-corrected chi connectivity index (χ4v) is 3.61. The minimum Gasteiger partial charge on any atom is -0.371 e. The summed E-state index contributed by atoms with van der Waals surface area (Å²) in [5.74, 6) is -0.921. The standard InChI is InChI=1S/C19H20F2N4O2/c20-15-6-14(7-16(21)8-15)17(26)25-11-19(12-25)3-2-13(10-27-19)9-24-18-22-4-1-5-23-18/h1,4-8,13H,2-3,9-12H2,(H,22,23,24)/t13-/m1/s1. The molecule has 1 amide bonds. The molecule has 0 bridgehead atoms. The van der Waals surface area contributed by atoms with Gasteiger partial charge in [-0.2, -0.15) is 0 Å². The predicted octanol–water partition coefficient (Wildman–Crippen LogP) is 2.49. The van der Waals surface area contributed by atoms with Gasteiger partial charge in [0.2, 0.25) is 5.95 Å².